The van der Waals surface area contributed by atoms with Crippen molar-refractivity contribution in [2.75, 3.05) is 19.0 Å². The Morgan fingerprint density at radius 2 is 2.00 bits per heavy atom. The first kappa shape index (κ1) is 17.9. The van der Waals surface area contributed by atoms with E-state index in [1.54, 1.807) is 30.3 Å². The molecular formula is C19H18N2O4. The Hall–Kier alpha value is -3.46. The lowest BCUT2D eigenvalue weighted by Crippen LogP contribution is -2.13. The van der Waals surface area contributed by atoms with Crippen LogP contribution in [0.2, 0.25) is 0 Å². The molecule has 6 heteroatoms. The number of hydrogen-bond donors (Lipinski definition) is 2. The van der Waals surface area contributed by atoms with Crippen molar-refractivity contribution >= 4 is 17.7 Å². The maximum Gasteiger partial charge on any atom is 0.266 e. The fourth-order valence-electron chi connectivity index (χ4n) is 2.10. The fourth-order valence-corrected chi connectivity index (χ4v) is 2.10. The van der Waals surface area contributed by atoms with E-state index >= 15 is 0 Å². The molecule has 0 atom stereocenters. The Morgan fingerprint density at radius 1 is 1.28 bits per heavy atom. The number of nitrogens with zero attached hydrogens (tertiary/aromatic N) is 1. The molecule has 0 unspecified atom stereocenters. The summed E-state index contributed by atoms with van der Waals surface area (Å²) < 4.78 is 10.3. The largest absolute Gasteiger partial charge is 0.504 e. The maximum absolute atomic E-state index is 12.3. The Kier molecular flexibility index (Phi) is 6.02. The molecule has 2 rings (SSSR count). The van der Waals surface area contributed by atoms with Crippen molar-refractivity contribution in [3.05, 3.63) is 53.6 Å². The lowest BCUT2D eigenvalue weighted by molar-refractivity contribution is -0.112. The second kappa shape index (κ2) is 8.41. The fraction of sp³-hybridized carbons (Fsp3) is 0.158. The molecule has 2 N–H and O–H groups in total. The zero-order chi connectivity index (χ0) is 18.2. The molecule has 2 aromatic rings. The number of ether oxygens (including phenoxy) is 2. The first-order chi connectivity index (χ1) is 12.1. The van der Waals surface area contributed by atoms with Gasteiger partial charge in [0, 0.05) is 5.69 Å². The number of methoxy groups -OCH3 is 1. The van der Waals surface area contributed by atoms with Crippen LogP contribution in [0.15, 0.2) is 48.0 Å². The number of carbonyl (C=O) groups is 1. The molecule has 0 saturated carbocycles. The number of nitrogens with one attached hydrogen (secondary N) is 1. The molecular weight excluding hydrogens is 320 g/mol. The highest BCUT2D eigenvalue weighted by Gasteiger charge is 2.10. The molecule has 0 spiro atoms. The molecule has 0 aromatic heterocycles. The molecule has 0 fully saturated rings. The smallest absolute Gasteiger partial charge is 0.266 e. The van der Waals surface area contributed by atoms with Crippen molar-refractivity contribution in [1.29, 1.82) is 5.26 Å². The average Bonchev–Trinajstić information content (AvgIpc) is 2.62. The molecule has 0 saturated heterocycles. The third kappa shape index (κ3) is 4.75. The Balaban J connectivity index is 2.16. The van der Waals surface area contributed by atoms with Crippen LogP contribution in [0.1, 0.15) is 12.5 Å². The van der Waals surface area contributed by atoms with Crippen LogP contribution in [-0.2, 0) is 4.79 Å². The van der Waals surface area contributed by atoms with E-state index in [0.29, 0.717) is 23.6 Å². The van der Waals surface area contributed by atoms with Crippen LogP contribution < -0.4 is 14.8 Å². The number of benzene rings is 2. The van der Waals surface area contributed by atoms with Gasteiger partial charge in [-0.2, -0.15) is 5.26 Å². The van der Waals surface area contributed by atoms with Crippen LogP contribution >= 0.6 is 0 Å². The van der Waals surface area contributed by atoms with Crippen molar-refractivity contribution in [3.63, 3.8) is 0 Å². The van der Waals surface area contributed by atoms with E-state index in [-0.39, 0.29) is 17.1 Å². The Morgan fingerprint density at radius 3 is 2.60 bits per heavy atom. The van der Waals surface area contributed by atoms with Gasteiger partial charge in [-0.15, -0.1) is 0 Å². The minimum absolute atomic E-state index is 0.0167. The third-order valence-corrected chi connectivity index (χ3v) is 3.30. The first-order valence-electron chi connectivity index (χ1n) is 7.60. The summed E-state index contributed by atoms with van der Waals surface area (Å²) in [5, 5.41) is 21.5. The van der Waals surface area contributed by atoms with Gasteiger partial charge < -0.3 is 19.9 Å². The summed E-state index contributed by atoms with van der Waals surface area (Å²) >= 11 is 0. The quantitative estimate of drug-likeness (QED) is 0.622. The van der Waals surface area contributed by atoms with Crippen LogP contribution in [0.4, 0.5) is 5.69 Å². The van der Waals surface area contributed by atoms with E-state index in [2.05, 4.69) is 5.32 Å². The highest BCUT2D eigenvalue weighted by atomic mass is 16.5. The van der Waals surface area contributed by atoms with Gasteiger partial charge in [-0.1, -0.05) is 6.07 Å². The summed E-state index contributed by atoms with van der Waals surface area (Å²) in [4.78, 5) is 12.3. The van der Waals surface area contributed by atoms with E-state index in [0.717, 1.165) is 0 Å². The van der Waals surface area contributed by atoms with Gasteiger partial charge in [0.2, 0.25) is 0 Å². The lowest BCUT2D eigenvalue weighted by atomic mass is 10.1. The monoisotopic (exact) mass is 338 g/mol. The van der Waals surface area contributed by atoms with E-state index < -0.39 is 5.91 Å². The molecule has 0 aliphatic rings. The Labute approximate surface area is 145 Å². The van der Waals surface area contributed by atoms with Crippen molar-refractivity contribution in [2.24, 2.45) is 0 Å². The predicted molar refractivity (Wildman–Crippen MR) is 94.5 cm³/mol. The van der Waals surface area contributed by atoms with Crippen molar-refractivity contribution in [2.45, 2.75) is 6.92 Å². The molecule has 25 heavy (non-hydrogen) atoms. The van der Waals surface area contributed by atoms with Crippen molar-refractivity contribution < 1.29 is 19.4 Å². The van der Waals surface area contributed by atoms with Crippen LogP contribution in [0.25, 0.3) is 6.08 Å². The molecule has 6 nitrogen and oxygen atoms in total. The summed E-state index contributed by atoms with van der Waals surface area (Å²) in [5.74, 6) is 0.418. The van der Waals surface area contributed by atoms with Crippen LogP contribution in [0.3, 0.4) is 0 Å². The average molecular weight is 338 g/mol. The first-order valence-corrected chi connectivity index (χ1v) is 7.60. The van der Waals surface area contributed by atoms with Gasteiger partial charge in [-0.3, -0.25) is 4.79 Å². The molecule has 0 bridgehead atoms. The third-order valence-electron chi connectivity index (χ3n) is 3.30. The number of amides is 1. The second-order valence-corrected chi connectivity index (χ2v) is 5.01. The highest BCUT2D eigenvalue weighted by Crippen LogP contribution is 2.27. The zero-order valence-corrected chi connectivity index (χ0v) is 13.9. The number of rotatable bonds is 6. The van der Waals surface area contributed by atoms with Gasteiger partial charge >= 0.3 is 0 Å². The van der Waals surface area contributed by atoms with E-state index in [1.807, 2.05) is 13.0 Å². The maximum atomic E-state index is 12.3. The molecule has 128 valence electrons. The highest BCUT2D eigenvalue weighted by molar-refractivity contribution is 6.09. The number of phenols is 1. The van der Waals surface area contributed by atoms with Gasteiger partial charge in [0.1, 0.15) is 17.4 Å². The SMILES string of the molecule is CCOc1ccc(NC(=O)C(C#N)=Cc2ccc(O)c(OC)c2)cc1. The van der Waals surface area contributed by atoms with Gasteiger partial charge in [-0.25, -0.2) is 0 Å². The summed E-state index contributed by atoms with van der Waals surface area (Å²) in [6, 6.07) is 13.3. The van der Waals surface area contributed by atoms with E-state index in [9.17, 15) is 15.2 Å². The standard InChI is InChI=1S/C19H18N2O4/c1-3-25-16-7-5-15(6-8-16)21-19(23)14(12-20)10-13-4-9-17(22)18(11-13)24-2/h4-11,22H,3H2,1-2H3,(H,21,23). The van der Waals surface area contributed by atoms with Gasteiger partial charge in [-0.05, 0) is 55.0 Å². The van der Waals surface area contributed by atoms with Gasteiger partial charge in [0.25, 0.3) is 5.91 Å². The van der Waals surface area contributed by atoms with Gasteiger partial charge in [0.05, 0.1) is 13.7 Å². The number of nitriles is 1. The van der Waals surface area contributed by atoms with Crippen molar-refractivity contribution in [3.8, 4) is 23.3 Å². The van der Waals surface area contributed by atoms with Crippen LogP contribution in [-0.4, -0.2) is 24.7 Å². The second-order valence-electron chi connectivity index (χ2n) is 5.01. The molecule has 0 aliphatic heterocycles. The topological polar surface area (TPSA) is 91.6 Å². The Bertz CT molecular complexity index is 820. The number of aromatic hydroxyl groups is 1. The number of hydrogen-bond acceptors (Lipinski definition) is 5. The van der Waals surface area contributed by atoms with E-state index in [4.69, 9.17) is 9.47 Å². The lowest BCUT2D eigenvalue weighted by Gasteiger charge is -2.07. The minimum atomic E-state index is -0.529. The predicted octanol–water partition coefficient (Wildman–Crippen LogP) is 3.35. The van der Waals surface area contributed by atoms with Crippen LogP contribution in [0, 0.1) is 11.3 Å². The van der Waals surface area contributed by atoms with E-state index in [1.165, 1.54) is 25.3 Å². The number of anilines is 1. The number of carbonyl (C=O) groups excluding carboxylic acids is 1. The molecule has 0 radical (unpaired) electrons. The molecule has 1 amide bonds. The summed E-state index contributed by atoms with van der Waals surface area (Å²) in [5.41, 5.74) is 1.05. The summed E-state index contributed by atoms with van der Waals surface area (Å²) in [6.07, 6.45) is 1.42. The van der Waals surface area contributed by atoms with Crippen LogP contribution in [0.5, 0.6) is 17.2 Å². The molecule has 2 aromatic carbocycles. The summed E-state index contributed by atoms with van der Waals surface area (Å²) in [7, 11) is 1.42. The number of phenolic OH excluding ortho intramolecular Hbond substituents is 1. The van der Waals surface area contributed by atoms with Crippen molar-refractivity contribution in [1.82, 2.24) is 0 Å². The normalized spacial score (nSPS) is 10.7. The molecule has 0 heterocycles. The molecule has 0 aliphatic carbocycles. The summed E-state index contributed by atoms with van der Waals surface area (Å²) in [6.45, 7) is 2.45. The zero-order valence-electron chi connectivity index (χ0n) is 13.9. The van der Waals surface area contributed by atoms with Gasteiger partial charge in [0.15, 0.2) is 11.5 Å². The minimum Gasteiger partial charge on any atom is -0.504 e.